The molecular weight excluding hydrogens is 352 g/mol. The topological polar surface area (TPSA) is 54.7 Å². The number of aryl methyl sites for hydroxylation is 3. The van der Waals surface area contributed by atoms with Crippen molar-refractivity contribution in [2.24, 2.45) is 4.99 Å². The summed E-state index contributed by atoms with van der Waals surface area (Å²) in [7, 11) is 3.67. The monoisotopic (exact) mass is 379 g/mol. The highest BCUT2D eigenvalue weighted by Gasteiger charge is 2.08. The van der Waals surface area contributed by atoms with Gasteiger partial charge in [0.2, 0.25) is 0 Å². The first-order chi connectivity index (χ1) is 12.9. The molecule has 0 radical (unpaired) electrons. The third kappa shape index (κ3) is 6.54. The van der Waals surface area contributed by atoms with Gasteiger partial charge in [0.05, 0.1) is 5.69 Å². The number of nitrogens with zero attached hydrogens (tertiary/aromatic N) is 4. The van der Waals surface area contributed by atoms with Crippen LogP contribution in [0.25, 0.3) is 0 Å². The molecule has 0 atom stereocenters. The van der Waals surface area contributed by atoms with Gasteiger partial charge in [0.15, 0.2) is 5.96 Å². The SMILES string of the molecule is CN=C(NCCCn1nc(C)cc1C)N(C)Cc1ccc(OC(F)F)cc1. The lowest BCUT2D eigenvalue weighted by atomic mass is 10.2. The zero-order chi connectivity index (χ0) is 19.8. The number of guanidine groups is 1. The Morgan fingerprint density at radius 2 is 2.00 bits per heavy atom. The maximum Gasteiger partial charge on any atom is 0.387 e. The Balaban J connectivity index is 1.79. The lowest BCUT2D eigenvalue weighted by Gasteiger charge is -2.22. The second kappa shape index (κ2) is 9.89. The van der Waals surface area contributed by atoms with E-state index >= 15 is 0 Å². The summed E-state index contributed by atoms with van der Waals surface area (Å²) in [6.45, 7) is 3.46. The number of alkyl halides is 2. The fraction of sp³-hybridized carbons (Fsp3) is 0.474. The van der Waals surface area contributed by atoms with Gasteiger partial charge in [0.25, 0.3) is 0 Å². The summed E-state index contributed by atoms with van der Waals surface area (Å²) in [5, 5.41) is 7.79. The average molecular weight is 379 g/mol. The van der Waals surface area contributed by atoms with Crippen molar-refractivity contribution >= 4 is 5.96 Å². The number of hydrogen-bond donors (Lipinski definition) is 1. The van der Waals surface area contributed by atoms with Crippen LogP contribution in [-0.2, 0) is 13.1 Å². The van der Waals surface area contributed by atoms with E-state index in [4.69, 9.17) is 0 Å². The second-order valence-electron chi connectivity index (χ2n) is 6.36. The van der Waals surface area contributed by atoms with Gasteiger partial charge in [-0.15, -0.1) is 0 Å². The smallest absolute Gasteiger partial charge is 0.387 e. The summed E-state index contributed by atoms with van der Waals surface area (Å²) in [6, 6.07) is 8.69. The van der Waals surface area contributed by atoms with E-state index in [-0.39, 0.29) is 5.75 Å². The average Bonchev–Trinajstić information content (AvgIpc) is 2.93. The lowest BCUT2D eigenvalue weighted by Crippen LogP contribution is -2.39. The van der Waals surface area contributed by atoms with Crippen LogP contribution in [0.5, 0.6) is 5.75 Å². The normalized spacial score (nSPS) is 11.7. The minimum Gasteiger partial charge on any atom is -0.435 e. The number of rotatable bonds is 8. The standard InChI is InChI=1S/C19H27F2N5O/c1-14-12-15(2)26(24-14)11-5-10-23-19(22-3)25(4)13-16-6-8-17(9-7-16)27-18(20)21/h6-9,12,18H,5,10-11,13H2,1-4H3,(H,22,23). The highest BCUT2D eigenvalue weighted by molar-refractivity contribution is 5.79. The number of halogens is 2. The van der Waals surface area contributed by atoms with Crippen LogP contribution in [-0.4, -0.2) is 47.9 Å². The van der Waals surface area contributed by atoms with Crippen LogP contribution in [0.4, 0.5) is 8.78 Å². The fourth-order valence-corrected chi connectivity index (χ4v) is 2.84. The Kier molecular flexibility index (Phi) is 7.57. The van der Waals surface area contributed by atoms with Gasteiger partial charge < -0.3 is 15.0 Å². The molecule has 6 nitrogen and oxygen atoms in total. The molecule has 0 saturated carbocycles. The second-order valence-corrected chi connectivity index (χ2v) is 6.36. The van der Waals surface area contributed by atoms with Crippen LogP contribution in [0, 0.1) is 13.8 Å². The van der Waals surface area contributed by atoms with E-state index in [0.29, 0.717) is 6.54 Å². The molecule has 2 aromatic rings. The van der Waals surface area contributed by atoms with Crippen LogP contribution in [0.3, 0.4) is 0 Å². The summed E-state index contributed by atoms with van der Waals surface area (Å²) in [6.07, 6.45) is 0.925. The van der Waals surface area contributed by atoms with Gasteiger partial charge in [0, 0.05) is 39.4 Å². The van der Waals surface area contributed by atoms with Crippen molar-refractivity contribution in [2.45, 2.75) is 40.0 Å². The van der Waals surface area contributed by atoms with E-state index in [0.717, 1.165) is 42.4 Å². The molecule has 148 valence electrons. The van der Waals surface area contributed by atoms with Crippen molar-refractivity contribution in [3.8, 4) is 5.75 Å². The van der Waals surface area contributed by atoms with Crippen molar-refractivity contribution in [1.82, 2.24) is 20.0 Å². The molecule has 1 aromatic heterocycles. The van der Waals surface area contributed by atoms with Crippen LogP contribution >= 0.6 is 0 Å². The van der Waals surface area contributed by atoms with Crippen LogP contribution in [0.2, 0.25) is 0 Å². The third-order valence-electron chi connectivity index (χ3n) is 4.07. The van der Waals surface area contributed by atoms with Crippen LogP contribution < -0.4 is 10.1 Å². The molecule has 27 heavy (non-hydrogen) atoms. The molecule has 1 heterocycles. The summed E-state index contributed by atoms with van der Waals surface area (Å²) in [5.74, 6) is 0.930. The highest BCUT2D eigenvalue weighted by Crippen LogP contribution is 2.15. The van der Waals surface area contributed by atoms with Gasteiger partial charge in [-0.25, -0.2) is 0 Å². The van der Waals surface area contributed by atoms with Gasteiger partial charge >= 0.3 is 6.61 Å². The maximum absolute atomic E-state index is 12.2. The van der Waals surface area contributed by atoms with Crippen LogP contribution in [0.1, 0.15) is 23.4 Å². The molecule has 0 bridgehead atoms. The molecule has 8 heteroatoms. The zero-order valence-corrected chi connectivity index (χ0v) is 16.2. The third-order valence-corrected chi connectivity index (χ3v) is 4.07. The molecule has 0 spiro atoms. The van der Waals surface area contributed by atoms with Crippen molar-refractivity contribution in [1.29, 1.82) is 0 Å². The number of nitrogens with one attached hydrogen (secondary N) is 1. The molecule has 1 N–H and O–H groups in total. The largest absolute Gasteiger partial charge is 0.435 e. The summed E-state index contributed by atoms with van der Waals surface area (Å²) in [4.78, 5) is 6.27. The predicted molar refractivity (Wildman–Crippen MR) is 102 cm³/mol. The Morgan fingerprint density at radius 3 is 2.56 bits per heavy atom. The van der Waals surface area contributed by atoms with E-state index in [1.165, 1.54) is 0 Å². The van der Waals surface area contributed by atoms with E-state index in [2.05, 4.69) is 33.1 Å². The Bertz CT molecular complexity index is 743. The fourth-order valence-electron chi connectivity index (χ4n) is 2.84. The molecule has 0 unspecified atom stereocenters. The van der Waals surface area contributed by atoms with Gasteiger partial charge in [-0.3, -0.25) is 9.67 Å². The molecule has 0 fully saturated rings. The molecule has 0 aliphatic heterocycles. The predicted octanol–water partition coefficient (Wildman–Crippen LogP) is 3.20. The Morgan fingerprint density at radius 1 is 1.30 bits per heavy atom. The quantitative estimate of drug-likeness (QED) is 0.435. The van der Waals surface area contributed by atoms with E-state index in [9.17, 15) is 8.78 Å². The summed E-state index contributed by atoms with van der Waals surface area (Å²) >= 11 is 0. The zero-order valence-electron chi connectivity index (χ0n) is 16.2. The van der Waals surface area contributed by atoms with Crippen LogP contribution in [0.15, 0.2) is 35.3 Å². The number of aromatic nitrogens is 2. The molecule has 0 aliphatic rings. The van der Waals surface area contributed by atoms with E-state index in [1.54, 1.807) is 31.3 Å². The van der Waals surface area contributed by atoms with Gasteiger partial charge in [0.1, 0.15) is 5.75 Å². The van der Waals surface area contributed by atoms with Crippen molar-refractivity contribution in [3.63, 3.8) is 0 Å². The molecular formula is C19H27F2N5O. The number of hydrogen-bond acceptors (Lipinski definition) is 3. The first-order valence-electron chi connectivity index (χ1n) is 8.85. The number of ether oxygens (including phenoxy) is 1. The molecule has 0 saturated heterocycles. The Hall–Kier alpha value is -2.64. The van der Waals surface area contributed by atoms with Crippen molar-refractivity contribution in [3.05, 3.63) is 47.3 Å². The first-order valence-corrected chi connectivity index (χ1v) is 8.85. The van der Waals surface area contributed by atoms with Gasteiger partial charge in [-0.1, -0.05) is 12.1 Å². The van der Waals surface area contributed by atoms with Gasteiger partial charge in [-0.05, 0) is 44.0 Å². The lowest BCUT2D eigenvalue weighted by molar-refractivity contribution is -0.0498. The molecule has 0 amide bonds. The number of benzene rings is 1. The first kappa shape index (κ1) is 20.7. The summed E-state index contributed by atoms with van der Waals surface area (Å²) in [5.41, 5.74) is 3.17. The minimum absolute atomic E-state index is 0.156. The Labute approximate surface area is 158 Å². The summed E-state index contributed by atoms with van der Waals surface area (Å²) < 4.78 is 30.8. The van der Waals surface area contributed by atoms with E-state index < -0.39 is 6.61 Å². The van der Waals surface area contributed by atoms with Gasteiger partial charge in [-0.2, -0.15) is 13.9 Å². The highest BCUT2D eigenvalue weighted by atomic mass is 19.3. The van der Waals surface area contributed by atoms with Crippen molar-refractivity contribution in [2.75, 3.05) is 20.6 Å². The molecule has 2 rings (SSSR count). The van der Waals surface area contributed by atoms with E-state index in [1.807, 2.05) is 23.6 Å². The van der Waals surface area contributed by atoms with Crippen molar-refractivity contribution < 1.29 is 13.5 Å². The maximum atomic E-state index is 12.2. The molecule has 0 aliphatic carbocycles. The minimum atomic E-state index is -2.81. The number of aliphatic imine (C=N–C) groups is 1. The molecule has 1 aromatic carbocycles.